The van der Waals surface area contributed by atoms with E-state index >= 15 is 0 Å². The Kier molecular flexibility index (Phi) is 3.69. The molecule has 5 nitrogen and oxygen atoms in total. The zero-order valence-corrected chi connectivity index (χ0v) is 10.5. The number of aliphatic hydroxyl groups is 1. The first-order chi connectivity index (χ1) is 8.05. The highest BCUT2D eigenvalue weighted by Gasteiger charge is 2.24. The van der Waals surface area contributed by atoms with E-state index in [0.717, 1.165) is 45.4 Å². The monoisotopic (exact) mass is 238 g/mol. The second-order valence-electron chi connectivity index (χ2n) is 5.23. The second kappa shape index (κ2) is 5.06. The van der Waals surface area contributed by atoms with Crippen LogP contribution in [0.2, 0.25) is 0 Å². The van der Waals surface area contributed by atoms with Crippen LogP contribution in [-0.4, -0.2) is 45.0 Å². The first-order valence-electron chi connectivity index (χ1n) is 6.28. The topological polar surface area (TPSA) is 67.3 Å². The molecule has 1 fully saturated rings. The summed E-state index contributed by atoms with van der Waals surface area (Å²) in [6, 6.07) is 0. The quantitative estimate of drug-likeness (QED) is 0.813. The van der Waals surface area contributed by atoms with Crippen molar-refractivity contribution in [3.05, 3.63) is 12.4 Å². The van der Waals surface area contributed by atoms with Crippen LogP contribution in [0, 0.1) is 0 Å². The van der Waals surface area contributed by atoms with Gasteiger partial charge in [-0.25, -0.2) is 0 Å². The van der Waals surface area contributed by atoms with Crippen LogP contribution < -0.4 is 5.73 Å². The fourth-order valence-electron chi connectivity index (χ4n) is 2.29. The lowest BCUT2D eigenvalue weighted by atomic mass is 9.98. The van der Waals surface area contributed by atoms with Crippen molar-refractivity contribution < 1.29 is 5.11 Å². The zero-order valence-electron chi connectivity index (χ0n) is 10.5. The minimum atomic E-state index is -0.481. The Morgan fingerprint density at radius 1 is 1.41 bits per heavy atom. The van der Waals surface area contributed by atoms with Gasteiger partial charge in [0.05, 0.1) is 24.0 Å². The lowest BCUT2D eigenvalue weighted by molar-refractivity contribution is 0.0445. The largest absolute Gasteiger partial charge is 0.396 e. The average Bonchev–Trinajstić information content (AvgIpc) is 2.59. The highest BCUT2D eigenvalue weighted by Crippen LogP contribution is 2.21. The SMILES string of the molecule is CC1(O)CCCN(CCn2cc(N)cn2)CC1. The van der Waals surface area contributed by atoms with E-state index in [4.69, 9.17) is 5.73 Å². The fourth-order valence-corrected chi connectivity index (χ4v) is 2.29. The van der Waals surface area contributed by atoms with Crippen molar-refractivity contribution in [2.24, 2.45) is 0 Å². The van der Waals surface area contributed by atoms with Gasteiger partial charge in [0.1, 0.15) is 0 Å². The van der Waals surface area contributed by atoms with Gasteiger partial charge in [-0.1, -0.05) is 0 Å². The van der Waals surface area contributed by atoms with Crippen molar-refractivity contribution in [1.29, 1.82) is 0 Å². The molecule has 0 spiro atoms. The van der Waals surface area contributed by atoms with E-state index in [-0.39, 0.29) is 0 Å². The molecule has 1 aliphatic rings. The van der Waals surface area contributed by atoms with Gasteiger partial charge in [0, 0.05) is 19.3 Å². The molecular formula is C12H22N4O. The predicted octanol–water partition coefficient (Wildman–Crippen LogP) is 0.702. The summed E-state index contributed by atoms with van der Waals surface area (Å²) >= 11 is 0. The Morgan fingerprint density at radius 2 is 2.24 bits per heavy atom. The van der Waals surface area contributed by atoms with Gasteiger partial charge >= 0.3 is 0 Å². The second-order valence-corrected chi connectivity index (χ2v) is 5.23. The Bertz CT molecular complexity index is 361. The third-order valence-electron chi connectivity index (χ3n) is 3.45. The van der Waals surface area contributed by atoms with Crippen molar-refractivity contribution >= 4 is 5.69 Å². The van der Waals surface area contributed by atoms with E-state index in [2.05, 4.69) is 10.00 Å². The molecule has 5 heteroatoms. The van der Waals surface area contributed by atoms with Crippen LogP contribution in [0.25, 0.3) is 0 Å². The van der Waals surface area contributed by atoms with Gasteiger partial charge in [0.25, 0.3) is 0 Å². The molecule has 3 N–H and O–H groups in total. The van der Waals surface area contributed by atoms with Crippen LogP contribution >= 0.6 is 0 Å². The summed E-state index contributed by atoms with van der Waals surface area (Å²) < 4.78 is 1.87. The molecule has 2 rings (SSSR count). The van der Waals surface area contributed by atoms with Crippen LogP contribution in [0.5, 0.6) is 0 Å². The summed E-state index contributed by atoms with van der Waals surface area (Å²) in [5, 5.41) is 14.2. The van der Waals surface area contributed by atoms with Crippen molar-refractivity contribution in [2.75, 3.05) is 25.4 Å². The Labute approximate surface area is 102 Å². The Balaban J connectivity index is 1.79. The van der Waals surface area contributed by atoms with Crippen LogP contribution in [0.4, 0.5) is 5.69 Å². The van der Waals surface area contributed by atoms with E-state index in [1.807, 2.05) is 17.8 Å². The Hall–Kier alpha value is -1.07. The van der Waals surface area contributed by atoms with Gasteiger partial charge in [-0.3, -0.25) is 4.68 Å². The first-order valence-corrected chi connectivity index (χ1v) is 6.28. The molecule has 0 aromatic carbocycles. The molecule has 0 amide bonds. The maximum Gasteiger partial charge on any atom is 0.0719 e. The molecule has 1 aliphatic heterocycles. The summed E-state index contributed by atoms with van der Waals surface area (Å²) in [6.07, 6.45) is 6.35. The fraction of sp³-hybridized carbons (Fsp3) is 0.750. The molecule has 1 atom stereocenters. The normalized spacial score (nSPS) is 26.9. The summed E-state index contributed by atoms with van der Waals surface area (Å²) in [6.45, 7) is 5.79. The maximum absolute atomic E-state index is 10.0. The molecule has 0 radical (unpaired) electrons. The number of anilines is 1. The van der Waals surface area contributed by atoms with Gasteiger partial charge in [0.2, 0.25) is 0 Å². The summed E-state index contributed by atoms with van der Waals surface area (Å²) in [4.78, 5) is 2.39. The molecule has 1 saturated heterocycles. The van der Waals surface area contributed by atoms with Crippen molar-refractivity contribution in [3.63, 3.8) is 0 Å². The molecular weight excluding hydrogens is 216 g/mol. The standard InChI is InChI=1S/C12H22N4O/c1-12(17)3-2-5-15(6-4-12)7-8-16-10-11(13)9-14-16/h9-10,17H,2-8,13H2,1H3. The summed E-state index contributed by atoms with van der Waals surface area (Å²) in [5.41, 5.74) is 5.85. The zero-order chi connectivity index (χ0) is 12.3. The van der Waals surface area contributed by atoms with Gasteiger partial charge in [-0.15, -0.1) is 0 Å². The molecule has 1 unspecified atom stereocenters. The van der Waals surface area contributed by atoms with Crippen LogP contribution in [0.15, 0.2) is 12.4 Å². The third-order valence-corrected chi connectivity index (χ3v) is 3.45. The number of aromatic nitrogens is 2. The van der Waals surface area contributed by atoms with Crippen molar-refractivity contribution in [1.82, 2.24) is 14.7 Å². The average molecular weight is 238 g/mol. The summed E-state index contributed by atoms with van der Waals surface area (Å²) in [7, 11) is 0. The smallest absolute Gasteiger partial charge is 0.0719 e. The molecule has 96 valence electrons. The number of likely N-dealkylation sites (tertiary alicyclic amines) is 1. The lowest BCUT2D eigenvalue weighted by Gasteiger charge is -2.22. The van der Waals surface area contributed by atoms with E-state index in [1.165, 1.54) is 0 Å². The number of rotatable bonds is 3. The number of hydrogen-bond donors (Lipinski definition) is 2. The molecule has 0 saturated carbocycles. The number of nitrogen functional groups attached to an aromatic ring is 1. The molecule has 1 aromatic heterocycles. The van der Waals surface area contributed by atoms with E-state index in [9.17, 15) is 5.11 Å². The highest BCUT2D eigenvalue weighted by atomic mass is 16.3. The number of nitrogens with two attached hydrogens (primary N) is 1. The van der Waals surface area contributed by atoms with Gasteiger partial charge in [-0.2, -0.15) is 5.10 Å². The maximum atomic E-state index is 10.0. The minimum Gasteiger partial charge on any atom is -0.396 e. The van der Waals surface area contributed by atoms with Crippen LogP contribution in [-0.2, 0) is 6.54 Å². The molecule has 2 heterocycles. The van der Waals surface area contributed by atoms with E-state index in [1.54, 1.807) is 6.20 Å². The van der Waals surface area contributed by atoms with Crippen molar-refractivity contribution in [2.45, 2.75) is 38.3 Å². The molecule has 1 aromatic rings. The van der Waals surface area contributed by atoms with Crippen LogP contribution in [0.1, 0.15) is 26.2 Å². The number of nitrogens with zero attached hydrogens (tertiary/aromatic N) is 3. The minimum absolute atomic E-state index is 0.481. The van der Waals surface area contributed by atoms with Gasteiger partial charge in [-0.05, 0) is 32.7 Å². The van der Waals surface area contributed by atoms with Gasteiger partial charge < -0.3 is 15.7 Å². The van der Waals surface area contributed by atoms with Gasteiger partial charge in [0.15, 0.2) is 0 Å². The third kappa shape index (κ3) is 3.71. The van der Waals surface area contributed by atoms with E-state index in [0.29, 0.717) is 5.69 Å². The van der Waals surface area contributed by atoms with Crippen molar-refractivity contribution in [3.8, 4) is 0 Å². The molecule has 0 bridgehead atoms. The number of hydrogen-bond acceptors (Lipinski definition) is 4. The van der Waals surface area contributed by atoms with Crippen LogP contribution in [0.3, 0.4) is 0 Å². The lowest BCUT2D eigenvalue weighted by Crippen LogP contribution is -2.30. The Morgan fingerprint density at radius 3 is 2.94 bits per heavy atom. The highest BCUT2D eigenvalue weighted by molar-refractivity contribution is 5.30. The predicted molar refractivity (Wildman–Crippen MR) is 67.6 cm³/mol. The molecule has 0 aliphatic carbocycles. The first kappa shape index (κ1) is 12.4. The summed E-state index contributed by atoms with van der Waals surface area (Å²) in [5.74, 6) is 0. The van der Waals surface area contributed by atoms with E-state index < -0.39 is 5.60 Å². The molecule has 17 heavy (non-hydrogen) atoms.